The molecule has 0 bridgehead atoms. The first kappa shape index (κ1) is 23.3. The fourth-order valence-electron chi connectivity index (χ4n) is 4.48. The predicted octanol–water partition coefficient (Wildman–Crippen LogP) is 5.33. The van der Waals surface area contributed by atoms with Crippen LogP contribution in [-0.2, 0) is 12.8 Å². The molecule has 9 heteroatoms. The van der Waals surface area contributed by atoms with Crippen molar-refractivity contribution in [3.63, 3.8) is 0 Å². The molecule has 0 unspecified atom stereocenters. The van der Waals surface area contributed by atoms with E-state index in [4.69, 9.17) is 14.2 Å². The lowest BCUT2D eigenvalue weighted by molar-refractivity contribution is 0.324. The second kappa shape index (κ2) is 10.5. The molecule has 1 aliphatic rings. The Balaban J connectivity index is 1.45. The first-order valence-corrected chi connectivity index (χ1v) is 11.8. The summed E-state index contributed by atoms with van der Waals surface area (Å²) >= 11 is 0. The number of aromatic nitrogens is 4. The highest BCUT2D eigenvalue weighted by Gasteiger charge is 2.17. The first-order chi connectivity index (χ1) is 17.7. The maximum Gasteiger partial charge on any atom is 0.230 e. The van der Waals surface area contributed by atoms with Gasteiger partial charge in [-0.3, -0.25) is 0 Å². The van der Waals surface area contributed by atoms with Gasteiger partial charge < -0.3 is 24.8 Å². The van der Waals surface area contributed by atoms with Crippen molar-refractivity contribution in [2.45, 2.75) is 25.7 Å². The van der Waals surface area contributed by atoms with E-state index in [1.165, 1.54) is 30.3 Å². The molecule has 2 aromatic heterocycles. The lowest BCUT2D eigenvalue weighted by Crippen LogP contribution is -2.07. The van der Waals surface area contributed by atoms with Crippen LogP contribution in [0.5, 0.6) is 17.2 Å². The van der Waals surface area contributed by atoms with Crippen molar-refractivity contribution in [1.82, 2.24) is 19.9 Å². The van der Waals surface area contributed by atoms with Gasteiger partial charge in [0.05, 0.1) is 26.9 Å². The Bertz CT molecular complexity index is 1350. The van der Waals surface area contributed by atoms with E-state index in [-0.39, 0.29) is 0 Å². The van der Waals surface area contributed by atoms with Crippen LogP contribution in [0.15, 0.2) is 55.0 Å². The molecule has 0 saturated heterocycles. The molecule has 2 heterocycles. The Kier molecular flexibility index (Phi) is 6.79. The molecule has 1 aliphatic carbocycles. The van der Waals surface area contributed by atoms with Crippen LogP contribution in [0.3, 0.4) is 0 Å². The van der Waals surface area contributed by atoms with E-state index in [0.717, 1.165) is 24.1 Å². The van der Waals surface area contributed by atoms with Crippen molar-refractivity contribution in [2.24, 2.45) is 0 Å². The van der Waals surface area contributed by atoms with Crippen LogP contribution in [-0.4, -0.2) is 41.3 Å². The van der Waals surface area contributed by atoms with E-state index >= 15 is 0 Å². The Morgan fingerprint density at radius 3 is 2.39 bits per heavy atom. The molecule has 0 aliphatic heterocycles. The molecule has 0 fully saturated rings. The number of benzene rings is 2. The molecule has 0 amide bonds. The van der Waals surface area contributed by atoms with E-state index in [2.05, 4.69) is 48.8 Å². The van der Waals surface area contributed by atoms with Gasteiger partial charge in [0.2, 0.25) is 11.7 Å². The number of ether oxygens (including phenoxy) is 3. The average Bonchev–Trinajstić information content (AvgIpc) is 2.93. The molecule has 9 nitrogen and oxygen atoms in total. The number of nitrogens with zero attached hydrogens (tertiary/aromatic N) is 4. The van der Waals surface area contributed by atoms with E-state index in [0.29, 0.717) is 40.5 Å². The molecule has 2 N–H and O–H groups in total. The fourth-order valence-corrected chi connectivity index (χ4v) is 4.48. The molecular weight excluding hydrogens is 456 g/mol. The van der Waals surface area contributed by atoms with Crippen LogP contribution in [0.2, 0.25) is 0 Å². The van der Waals surface area contributed by atoms with Gasteiger partial charge in [-0.05, 0) is 55.0 Å². The number of methoxy groups -OCH3 is 3. The van der Waals surface area contributed by atoms with Gasteiger partial charge in [0.25, 0.3) is 0 Å². The topological polar surface area (TPSA) is 103 Å². The molecule has 0 saturated carbocycles. The molecule has 184 valence electrons. The Labute approximate surface area is 209 Å². The third-order valence-corrected chi connectivity index (χ3v) is 6.19. The Morgan fingerprint density at radius 2 is 1.61 bits per heavy atom. The van der Waals surface area contributed by atoms with Crippen molar-refractivity contribution in [3.05, 3.63) is 66.1 Å². The minimum atomic E-state index is 0.376. The minimum absolute atomic E-state index is 0.376. The van der Waals surface area contributed by atoms with Gasteiger partial charge in [-0.25, -0.2) is 15.0 Å². The van der Waals surface area contributed by atoms with Gasteiger partial charge in [-0.1, -0.05) is 12.1 Å². The quantitative estimate of drug-likeness (QED) is 0.344. The zero-order chi connectivity index (χ0) is 24.9. The third-order valence-electron chi connectivity index (χ3n) is 6.19. The summed E-state index contributed by atoms with van der Waals surface area (Å²) in [6.45, 7) is 0. The second-order valence-corrected chi connectivity index (χ2v) is 8.35. The van der Waals surface area contributed by atoms with Crippen molar-refractivity contribution >= 4 is 23.1 Å². The highest BCUT2D eigenvalue weighted by atomic mass is 16.5. The van der Waals surface area contributed by atoms with Gasteiger partial charge in [-0.15, -0.1) is 0 Å². The number of anilines is 4. The smallest absolute Gasteiger partial charge is 0.230 e. The number of hydrogen-bond donors (Lipinski definition) is 2. The summed E-state index contributed by atoms with van der Waals surface area (Å²) in [5, 5.41) is 6.74. The molecule has 0 atom stereocenters. The maximum absolute atomic E-state index is 5.45. The molecule has 0 radical (unpaired) electrons. The molecule has 2 aromatic carbocycles. The molecule has 0 spiro atoms. The number of hydrogen-bond acceptors (Lipinski definition) is 9. The number of rotatable bonds is 8. The van der Waals surface area contributed by atoms with Crippen LogP contribution in [0.25, 0.3) is 11.4 Å². The summed E-state index contributed by atoms with van der Waals surface area (Å²) in [6, 6.07) is 13.8. The summed E-state index contributed by atoms with van der Waals surface area (Å²) in [6.07, 6.45) is 7.85. The zero-order valence-corrected chi connectivity index (χ0v) is 20.5. The van der Waals surface area contributed by atoms with Crippen molar-refractivity contribution in [2.75, 3.05) is 32.0 Å². The monoisotopic (exact) mass is 484 g/mol. The zero-order valence-electron chi connectivity index (χ0n) is 20.5. The highest BCUT2D eigenvalue weighted by molar-refractivity contribution is 5.76. The van der Waals surface area contributed by atoms with Gasteiger partial charge >= 0.3 is 0 Å². The van der Waals surface area contributed by atoms with E-state index in [9.17, 15) is 0 Å². The number of nitrogens with one attached hydrogen (secondary N) is 2. The third kappa shape index (κ3) is 4.72. The lowest BCUT2D eigenvalue weighted by Gasteiger charge is -2.20. The molecule has 5 rings (SSSR count). The Morgan fingerprint density at radius 1 is 0.806 bits per heavy atom. The largest absolute Gasteiger partial charge is 0.493 e. The second-order valence-electron chi connectivity index (χ2n) is 8.35. The van der Waals surface area contributed by atoms with E-state index < -0.39 is 0 Å². The summed E-state index contributed by atoms with van der Waals surface area (Å²) < 4.78 is 16.3. The standard InChI is InChI=1S/C27H28N6O3/c1-34-22-14-18(15-23(35-2)24(22)36-3)31-27-30-16-29-26(33-27)20-11-7-13-28-25(20)32-21-12-6-9-17-8-4-5-10-19(17)21/h6-7,9,11-16H,4-5,8,10H2,1-3H3,(H,28,32)(H,29,30,31,33). The van der Waals surface area contributed by atoms with Crippen molar-refractivity contribution < 1.29 is 14.2 Å². The summed E-state index contributed by atoms with van der Waals surface area (Å²) in [5.41, 5.74) is 5.31. The minimum Gasteiger partial charge on any atom is -0.493 e. The van der Waals surface area contributed by atoms with Crippen LogP contribution >= 0.6 is 0 Å². The number of pyridine rings is 1. The lowest BCUT2D eigenvalue weighted by atomic mass is 9.90. The number of fused-ring (bicyclic) bond motifs is 1. The highest BCUT2D eigenvalue weighted by Crippen LogP contribution is 2.40. The van der Waals surface area contributed by atoms with Crippen LogP contribution in [0.1, 0.15) is 24.0 Å². The summed E-state index contributed by atoms with van der Waals surface area (Å²) in [5.74, 6) is 3.14. The first-order valence-electron chi connectivity index (χ1n) is 11.8. The van der Waals surface area contributed by atoms with Crippen molar-refractivity contribution in [1.29, 1.82) is 0 Å². The van der Waals surface area contributed by atoms with E-state index in [1.54, 1.807) is 39.7 Å². The predicted molar refractivity (Wildman–Crippen MR) is 139 cm³/mol. The van der Waals surface area contributed by atoms with Crippen molar-refractivity contribution in [3.8, 4) is 28.6 Å². The van der Waals surface area contributed by atoms with E-state index in [1.807, 2.05) is 12.1 Å². The SMILES string of the molecule is COc1cc(Nc2ncnc(-c3cccnc3Nc3cccc4c3CCCC4)n2)cc(OC)c1OC. The number of aryl methyl sites for hydroxylation is 1. The van der Waals surface area contributed by atoms with Gasteiger partial charge in [-0.2, -0.15) is 4.98 Å². The summed E-state index contributed by atoms with van der Waals surface area (Å²) in [7, 11) is 4.71. The van der Waals surface area contributed by atoms with Gasteiger partial charge in [0.1, 0.15) is 12.1 Å². The molecular formula is C27H28N6O3. The van der Waals surface area contributed by atoms with Crippen LogP contribution < -0.4 is 24.8 Å². The molecule has 36 heavy (non-hydrogen) atoms. The van der Waals surface area contributed by atoms with Gasteiger partial charge in [0, 0.05) is 29.7 Å². The normalized spacial score (nSPS) is 12.4. The van der Waals surface area contributed by atoms with Crippen LogP contribution in [0, 0.1) is 0 Å². The van der Waals surface area contributed by atoms with Gasteiger partial charge in [0.15, 0.2) is 17.3 Å². The Hall–Kier alpha value is -4.40. The van der Waals surface area contributed by atoms with Crippen LogP contribution in [0.4, 0.5) is 23.1 Å². The fraction of sp³-hybridized carbons (Fsp3) is 0.259. The maximum atomic E-state index is 5.45. The molecule has 4 aromatic rings. The summed E-state index contributed by atoms with van der Waals surface area (Å²) in [4.78, 5) is 18.0. The average molecular weight is 485 g/mol.